The number of hydrogen-bond acceptors (Lipinski definition) is 19. The SMILES string of the molecule is CC(=O)N1CCN(c2nc(NCCC(=O)N(C)CCOCCOCCOCCOCCOC[C@H](NC(=O)[C@@H]3C[C@@H](O)CN3C(=O)[C@@H](c3cc(C)no3)C(C)C)c3ccc(-c4scnc4C)cc3)nc3c(F)c(-c4cc(O)cc5ccccc45)c(Cl)cc23)CC1. The van der Waals surface area contributed by atoms with E-state index in [9.17, 15) is 29.4 Å². The standard InChI is InChI=1S/C64H78ClFN10O12S/c1-39(2)56(54-31-40(3)72-88-54)63(82)76-36-47(79)34-53(76)62(81)69-52(43-11-13-44(14-12-43)60-41(4)68-38-89-60)37-87-30-29-86-28-27-85-26-25-84-24-23-83-22-21-73(6)55(80)15-16-67-64-70-59-50(61(71-64)75-19-17-74(18-20-75)42(5)77)35-51(65)57(58(59)66)49-33-46(78)32-45-9-7-8-10-48(45)49/h7-14,31-33,35,38-39,47,52-53,56,78-79H,15-30,34,36-37H2,1-6H3,(H,69,81)(H,67,70,71)/t47-,52+,53+,56-/m1/s1. The first-order valence-electron chi connectivity index (χ1n) is 30.0. The lowest BCUT2D eigenvalue weighted by Crippen LogP contribution is -2.49. The average Bonchev–Trinajstić information content (AvgIpc) is 2.69. The first-order valence-corrected chi connectivity index (χ1v) is 31.2. The van der Waals surface area contributed by atoms with E-state index in [1.807, 2.05) is 74.2 Å². The van der Waals surface area contributed by atoms with Crippen molar-refractivity contribution in [1.29, 1.82) is 0 Å². The number of aromatic hydroxyl groups is 1. The summed E-state index contributed by atoms with van der Waals surface area (Å²) in [5.74, 6) is -1.48. The number of halogens is 2. The number of fused-ring (bicyclic) bond motifs is 2. The van der Waals surface area contributed by atoms with Crippen LogP contribution in [0, 0.1) is 25.6 Å². The van der Waals surface area contributed by atoms with E-state index in [0.29, 0.717) is 111 Å². The highest BCUT2D eigenvalue weighted by Gasteiger charge is 2.44. The lowest BCUT2D eigenvalue weighted by Gasteiger charge is -2.35. The third-order valence-electron chi connectivity index (χ3n) is 15.8. The van der Waals surface area contributed by atoms with Crippen molar-refractivity contribution in [3.8, 4) is 27.3 Å². The average molecular weight is 1270 g/mol. The molecule has 5 heterocycles. The van der Waals surface area contributed by atoms with Gasteiger partial charge in [-0.15, -0.1) is 11.3 Å². The number of rotatable bonds is 30. The minimum Gasteiger partial charge on any atom is -0.508 e. The Morgan fingerprint density at radius 1 is 0.865 bits per heavy atom. The van der Waals surface area contributed by atoms with E-state index in [2.05, 4.69) is 25.8 Å². The number of nitrogens with one attached hydrogen (secondary N) is 2. The summed E-state index contributed by atoms with van der Waals surface area (Å²) in [7, 11) is 1.69. The molecule has 4 amide bonds. The summed E-state index contributed by atoms with van der Waals surface area (Å²) < 4.78 is 51.4. The van der Waals surface area contributed by atoms with Crippen LogP contribution < -0.4 is 15.5 Å². The zero-order valence-electron chi connectivity index (χ0n) is 51.0. The number of benzene rings is 4. The molecule has 0 aliphatic carbocycles. The molecule has 2 saturated heterocycles. The van der Waals surface area contributed by atoms with Crippen LogP contribution in [0.3, 0.4) is 0 Å². The topological polar surface area (TPSA) is 257 Å². The maximum atomic E-state index is 17.0. The van der Waals surface area contributed by atoms with Gasteiger partial charge in [-0.25, -0.2) is 14.4 Å². The summed E-state index contributed by atoms with van der Waals surface area (Å²) in [6, 6.07) is 20.1. The maximum Gasteiger partial charge on any atom is 0.243 e. The van der Waals surface area contributed by atoms with Gasteiger partial charge in [0.05, 0.1) is 105 Å². The summed E-state index contributed by atoms with van der Waals surface area (Å²) in [5, 5.41) is 33.5. The van der Waals surface area contributed by atoms with Crippen molar-refractivity contribution < 1.29 is 62.0 Å². The fraction of sp³-hybridized carbons (Fsp3) is 0.469. The first kappa shape index (κ1) is 66.0. The Morgan fingerprint density at radius 2 is 1.54 bits per heavy atom. The van der Waals surface area contributed by atoms with Crippen LogP contribution in [-0.4, -0.2) is 200 Å². The number of aryl methyl sites for hydroxylation is 2. The monoisotopic (exact) mass is 1260 g/mol. The number of nitrogens with zero attached hydrogens (tertiary/aromatic N) is 8. The molecule has 9 rings (SSSR count). The Bertz CT molecular complexity index is 3550. The molecule has 0 spiro atoms. The van der Waals surface area contributed by atoms with E-state index >= 15 is 4.39 Å². The number of ether oxygens (including phenoxy) is 5. The van der Waals surface area contributed by atoms with Gasteiger partial charge in [0.1, 0.15) is 34.8 Å². The Kier molecular flexibility index (Phi) is 23.3. The molecule has 7 aromatic rings. The molecule has 4 N–H and O–H groups in total. The maximum absolute atomic E-state index is 17.0. The van der Waals surface area contributed by atoms with Crippen LogP contribution in [-0.2, 0) is 42.9 Å². The summed E-state index contributed by atoms with van der Waals surface area (Å²) in [5.41, 5.74) is 5.68. The van der Waals surface area contributed by atoms with Crippen molar-refractivity contribution in [3.63, 3.8) is 0 Å². The van der Waals surface area contributed by atoms with E-state index in [0.717, 1.165) is 21.7 Å². The molecule has 476 valence electrons. The van der Waals surface area contributed by atoms with Crippen molar-refractivity contribution in [2.75, 3.05) is 129 Å². The van der Waals surface area contributed by atoms with Crippen molar-refractivity contribution in [2.45, 2.75) is 71.6 Å². The molecule has 2 fully saturated rings. The molecule has 4 atom stereocenters. The van der Waals surface area contributed by atoms with Gasteiger partial charge < -0.3 is 68.7 Å². The summed E-state index contributed by atoms with van der Waals surface area (Å²) in [6.45, 7) is 14.3. The summed E-state index contributed by atoms with van der Waals surface area (Å²) in [4.78, 5) is 75.1. The molecule has 22 nitrogen and oxygen atoms in total. The molecule has 0 bridgehead atoms. The van der Waals surface area contributed by atoms with Crippen LogP contribution in [0.15, 0.2) is 82.8 Å². The van der Waals surface area contributed by atoms with Crippen LogP contribution in [0.1, 0.15) is 68.3 Å². The third-order valence-corrected chi connectivity index (χ3v) is 17.1. The van der Waals surface area contributed by atoms with Gasteiger partial charge in [-0.3, -0.25) is 19.2 Å². The predicted octanol–water partition coefficient (Wildman–Crippen LogP) is 7.95. The van der Waals surface area contributed by atoms with Crippen LogP contribution in [0.2, 0.25) is 5.02 Å². The molecular formula is C64H78ClFN10O12S. The van der Waals surface area contributed by atoms with Crippen molar-refractivity contribution in [1.82, 2.24) is 40.1 Å². The molecule has 4 aromatic carbocycles. The van der Waals surface area contributed by atoms with Crippen molar-refractivity contribution in [2.24, 2.45) is 5.92 Å². The van der Waals surface area contributed by atoms with Gasteiger partial charge in [0.2, 0.25) is 29.6 Å². The molecule has 2 aliphatic rings. The van der Waals surface area contributed by atoms with Crippen LogP contribution >= 0.6 is 22.9 Å². The second-order valence-electron chi connectivity index (χ2n) is 22.5. The smallest absolute Gasteiger partial charge is 0.243 e. The zero-order valence-corrected chi connectivity index (χ0v) is 52.6. The quantitative estimate of drug-likeness (QED) is 0.0312. The number of phenols is 1. The lowest BCUT2D eigenvalue weighted by molar-refractivity contribution is -0.141. The van der Waals surface area contributed by atoms with Crippen molar-refractivity contribution in [3.05, 3.63) is 112 Å². The molecule has 25 heteroatoms. The fourth-order valence-electron chi connectivity index (χ4n) is 11.0. The number of phenolic OH excluding ortho intramolecular Hbond substituents is 1. The summed E-state index contributed by atoms with van der Waals surface area (Å²) in [6.07, 6.45) is -0.692. The van der Waals surface area contributed by atoms with Gasteiger partial charge in [-0.1, -0.05) is 79.1 Å². The Hall–Kier alpha value is -7.42. The first-order chi connectivity index (χ1) is 42.9. The molecule has 2 aliphatic heterocycles. The lowest BCUT2D eigenvalue weighted by atomic mass is 9.91. The van der Waals surface area contributed by atoms with E-state index in [4.69, 9.17) is 44.8 Å². The highest BCUT2D eigenvalue weighted by atomic mass is 35.5. The van der Waals surface area contributed by atoms with Gasteiger partial charge in [-0.05, 0) is 65.4 Å². The van der Waals surface area contributed by atoms with E-state index < -0.39 is 35.8 Å². The number of piperazine rings is 1. The second-order valence-corrected chi connectivity index (χ2v) is 23.7. The number of β-amino-alcohol motifs (C(OH)–C–C–N with tert-alkyl or cyclic N) is 1. The van der Waals surface area contributed by atoms with Crippen LogP contribution in [0.5, 0.6) is 5.75 Å². The number of likely N-dealkylation sites (N-methyl/N-ethyl adjacent to an activating group) is 1. The van der Waals surface area contributed by atoms with Gasteiger partial charge in [0.25, 0.3) is 0 Å². The molecule has 89 heavy (non-hydrogen) atoms. The molecule has 0 radical (unpaired) electrons. The molecule has 0 saturated carbocycles. The van der Waals surface area contributed by atoms with Gasteiger partial charge in [-0.2, -0.15) is 4.98 Å². The van der Waals surface area contributed by atoms with E-state index in [1.54, 1.807) is 58.8 Å². The van der Waals surface area contributed by atoms with E-state index in [1.165, 1.54) is 17.9 Å². The Labute approximate surface area is 525 Å². The number of aliphatic hydroxyl groups is 1. The number of carbonyl (C=O) groups excluding carboxylic acids is 4. The van der Waals surface area contributed by atoms with Gasteiger partial charge >= 0.3 is 0 Å². The molecular weight excluding hydrogens is 1190 g/mol. The molecule has 3 aromatic heterocycles. The number of aromatic nitrogens is 4. The molecule has 0 unspecified atom stereocenters. The number of aliphatic hydroxyl groups excluding tert-OH is 1. The van der Waals surface area contributed by atoms with Gasteiger partial charge in [0, 0.05) is 89.6 Å². The Balaban J connectivity index is 0.667. The Morgan fingerprint density at radius 3 is 2.18 bits per heavy atom. The van der Waals surface area contributed by atoms with Gasteiger partial charge in [0.15, 0.2) is 5.82 Å². The van der Waals surface area contributed by atoms with Crippen LogP contribution in [0.25, 0.3) is 43.2 Å². The number of anilines is 2. The van der Waals surface area contributed by atoms with E-state index in [-0.39, 0.29) is 104 Å². The number of carbonyl (C=O) groups is 4. The highest BCUT2D eigenvalue weighted by Crippen LogP contribution is 2.43. The highest BCUT2D eigenvalue weighted by molar-refractivity contribution is 7.13. The fourth-order valence-corrected chi connectivity index (χ4v) is 12.2. The predicted molar refractivity (Wildman–Crippen MR) is 337 cm³/mol. The zero-order chi connectivity index (χ0) is 63.1. The second kappa shape index (κ2) is 31.4. The van der Waals surface area contributed by atoms with Crippen molar-refractivity contribution >= 4 is 80.0 Å². The number of amides is 4. The minimum atomic E-state index is -0.909. The van der Waals surface area contributed by atoms with Crippen LogP contribution in [0.4, 0.5) is 16.2 Å². The third kappa shape index (κ3) is 16.9. The number of hydrogen-bond donors (Lipinski definition) is 4. The summed E-state index contributed by atoms with van der Waals surface area (Å²) >= 11 is 8.44. The largest absolute Gasteiger partial charge is 0.508 e. The number of thiazole rings is 1. The number of likely N-dealkylation sites (tertiary alicyclic amines) is 1. The normalized spacial score (nSPS) is 16.0. The minimum absolute atomic E-state index is 0.0127.